The Hall–Kier alpha value is -2.58. The van der Waals surface area contributed by atoms with Crippen LogP contribution in [0.5, 0.6) is 0 Å². The fraction of sp³-hybridized carbons (Fsp3) is 0.385. The van der Waals surface area contributed by atoms with Gasteiger partial charge in [0.1, 0.15) is 12.2 Å². The normalized spacial score (nSPS) is 11.2. The number of para-hydroxylation sites is 2. The van der Waals surface area contributed by atoms with Crippen molar-refractivity contribution in [1.82, 2.24) is 0 Å². The van der Waals surface area contributed by atoms with Gasteiger partial charge in [0, 0.05) is 34.6 Å². The Balaban J connectivity index is 2.24. The maximum Gasteiger partial charge on any atom is 0.313 e. The zero-order valence-electron chi connectivity index (χ0n) is 20.1. The molecule has 0 radical (unpaired) electrons. The fourth-order valence-electron chi connectivity index (χ4n) is 3.08. The molecule has 1 amide bonds. The van der Waals surface area contributed by atoms with Crippen LogP contribution >= 0.6 is 21.6 Å². The van der Waals surface area contributed by atoms with E-state index in [4.69, 9.17) is 0 Å². The van der Waals surface area contributed by atoms with Crippen molar-refractivity contribution in [2.45, 2.75) is 55.7 Å². The number of methoxy groups -OCH3 is 1. The number of esters is 1. The molecule has 0 saturated carbocycles. The summed E-state index contributed by atoms with van der Waals surface area (Å²) in [5.74, 6) is -1.28. The summed E-state index contributed by atoms with van der Waals surface area (Å²) in [6, 6.07) is 16.0. The Bertz CT molecular complexity index is 965. The molecule has 34 heavy (non-hydrogen) atoms. The second-order valence-electron chi connectivity index (χ2n) is 7.64. The summed E-state index contributed by atoms with van der Waals surface area (Å²) in [6.45, 7) is 5.67. The first-order chi connectivity index (χ1) is 16.5. The lowest BCUT2D eigenvalue weighted by Gasteiger charge is -2.24. The second kappa shape index (κ2) is 15.3. The van der Waals surface area contributed by atoms with Gasteiger partial charge in [0.05, 0.1) is 12.8 Å². The lowest BCUT2D eigenvalue weighted by Crippen LogP contribution is -2.31. The summed E-state index contributed by atoms with van der Waals surface area (Å²) in [4.78, 5) is 28.2. The van der Waals surface area contributed by atoms with Crippen LogP contribution in [-0.2, 0) is 14.3 Å². The zero-order valence-corrected chi connectivity index (χ0v) is 21.7. The Labute approximate surface area is 210 Å². The monoisotopic (exact) mass is 502 g/mol. The molecule has 0 aliphatic heterocycles. The first-order valence-electron chi connectivity index (χ1n) is 11.5. The maximum absolute atomic E-state index is 13.1. The molecule has 2 aromatic carbocycles. The van der Waals surface area contributed by atoms with Crippen LogP contribution in [-0.4, -0.2) is 37.2 Å². The third kappa shape index (κ3) is 8.99. The number of nitrogens with zero attached hydrogens (tertiary/aromatic N) is 1. The van der Waals surface area contributed by atoms with Crippen molar-refractivity contribution in [2.75, 3.05) is 30.4 Å². The van der Waals surface area contributed by atoms with Crippen LogP contribution < -0.4 is 10.2 Å². The van der Waals surface area contributed by atoms with Crippen LogP contribution in [0, 0.1) is 0 Å². The van der Waals surface area contributed by atoms with E-state index in [9.17, 15) is 14.7 Å². The number of amides is 1. The van der Waals surface area contributed by atoms with Crippen LogP contribution in [0.3, 0.4) is 0 Å². The number of rotatable bonds is 14. The van der Waals surface area contributed by atoms with E-state index in [1.807, 2.05) is 36.4 Å². The minimum Gasteiger partial charge on any atom is -0.511 e. The molecule has 0 aliphatic carbocycles. The summed E-state index contributed by atoms with van der Waals surface area (Å²) in [7, 11) is 4.48. The number of carbonyl (C=O) groups excluding carboxylic acids is 2. The SMILES string of the molecule is CCCCNc1ccccc1SSc1ccccc1N(CCCC)C(=O)/C=C(\O)CC(=O)OC. The Kier molecular flexibility index (Phi) is 12.5. The van der Waals surface area contributed by atoms with Gasteiger partial charge in [0.2, 0.25) is 0 Å². The van der Waals surface area contributed by atoms with E-state index in [1.165, 1.54) is 7.11 Å². The first kappa shape index (κ1) is 27.7. The van der Waals surface area contributed by atoms with E-state index < -0.39 is 5.97 Å². The molecule has 0 unspecified atom stereocenters. The summed E-state index contributed by atoms with van der Waals surface area (Å²) >= 11 is 0. The minimum absolute atomic E-state index is 0.315. The number of aliphatic hydroxyl groups is 1. The van der Waals surface area contributed by atoms with E-state index in [2.05, 4.69) is 36.0 Å². The number of aliphatic hydroxyl groups excluding tert-OH is 1. The number of nitrogens with one attached hydrogen (secondary N) is 1. The predicted molar refractivity (Wildman–Crippen MR) is 143 cm³/mol. The van der Waals surface area contributed by atoms with Crippen LogP contribution in [0.25, 0.3) is 0 Å². The summed E-state index contributed by atoms with van der Waals surface area (Å²) < 4.78 is 4.57. The maximum atomic E-state index is 13.1. The lowest BCUT2D eigenvalue weighted by atomic mass is 10.2. The molecule has 184 valence electrons. The van der Waals surface area contributed by atoms with Crippen LogP contribution in [0.1, 0.15) is 46.0 Å². The molecular weight excluding hydrogens is 468 g/mol. The van der Waals surface area contributed by atoms with Crippen LogP contribution in [0.15, 0.2) is 70.2 Å². The smallest absolute Gasteiger partial charge is 0.313 e. The highest BCUT2D eigenvalue weighted by Crippen LogP contribution is 2.44. The number of anilines is 2. The molecule has 2 N–H and O–H groups in total. The van der Waals surface area contributed by atoms with Crippen molar-refractivity contribution in [3.63, 3.8) is 0 Å². The zero-order chi connectivity index (χ0) is 24.8. The number of carbonyl (C=O) groups is 2. The van der Waals surface area contributed by atoms with Crippen LogP contribution in [0.2, 0.25) is 0 Å². The topological polar surface area (TPSA) is 78.9 Å². The number of hydrogen-bond acceptors (Lipinski definition) is 7. The number of ether oxygens (including phenoxy) is 1. The van der Waals surface area contributed by atoms with Gasteiger partial charge in [-0.3, -0.25) is 9.59 Å². The van der Waals surface area contributed by atoms with Crippen molar-refractivity contribution in [1.29, 1.82) is 0 Å². The Morgan fingerprint density at radius 1 is 1.00 bits per heavy atom. The number of benzene rings is 2. The van der Waals surface area contributed by atoms with Crippen molar-refractivity contribution < 1.29 is 19.4 Å². The molecule has 0 heterocycles. The van der Waals surface area contributed by atoms with Crippen LogP contribution in [0.4, 0.5) is 11.4 Å². The highest BCUT2D eigenvalue weighted by Gasteiger charge is 2.19. The molecule has 0 fully saturated rings. The molecule has 0 saturated heterocycles. The van der Waals surface area contributed by atoms with E-state index >= 15 is 0 Å². The number of unbranched alkanes of at least 4 members (excludes halogenated alkanes) is 2. The van der Waals surface area contributed by atoms with Gasteiger partial charge in [0.15, 0.2) is 0 Å². The second-order valence-corrected chi connectivity index (χ2v) is 9.86. The molecule has 8 heteroatoms. The van der Waals surface area contributed by atoms with Gasteiger partial charge in [-0.25, -0.2) is 0 Å². The quantitative estimate of drug-likeness (QED) is 0.0963. The van der Waals surface area contributed by atoms with E-state index in [-0.39, 0.29) is 18.1 Å². The number of hydrogen-bond donors (Lipinski definition) is 2. The molecule has 6 nitrogen and oxygen atoms in total. The van der Waals surface area contributed by atoms with E-state index in [0.29, 0.717) is 6.54 Å². The highest BCUT2D eigenvalue weighted by atomic mass is 33.1. The molecule has 0 aliphatic rings. The molecular formula is C26H34N2O4S2. The summed E-state index contributed by atoms with van der Waals surface area (Å²) in [5, 5.41) is 13.6. The van der Waals surface area contributed by atoms with Gasteiger partial charge >= 0.3 is 5.97 Å². The molecule has 0 atom stereocenters. The van der Waals surface area contributed by atoms with E-state index in [1.54, 1.807) is 26.5 Å². The van der Waals surface area contributed by atoms with Crippen molar-refractivity contribution in [3.8, 4) is 0 Å². The van der Waals surface area contributed by atoms with Gasteiger partial charge < -0.3 is 20.1 Å². The van der Waals surface area contributed by atoms with Gasteiger partial charge in [-0.2, -0.15) is 0 Å². The molecule has 0 aromatic heterocycles. The lowest BCUT2D eigenvalue weighted by molar-refractivity contribution is -0.140. The van der Waals surface area contributed by atoms with Crippen molar-refractivity contribution >= 4 is 44.8 Å². The standard InChI is InChI=1S/C26H34N2O4S2/c1-4-6-16-27-21-12-8-10-14-23(21)33-34-24-15-11-9-13-22(24)28(17-7-5-2)25(30)18-20(29)19-26(31)32-3/h8-15,18,27,29H,4-7,16-17,19H2,1-3H3/b20-18-. The molecule has 0 bridgehead atoms. The summed E-state index contributed by atoms with van der Waals surface area (Å²) in [5.41, 5.74) is 1.87. The van der Waals surface area contributed by atoms with Gasteiger partial charge in [-0.05, 0) is 37.1 Å². The fourth-order valence-corrected chi connectivity index (χ4v) is 5.42. The van der Waals surface area contributed by atoms with Gasteiger partial charge in [-0.15, -0.1) is 0 Å². The first-order valence-corrected chi connectivity index (χ1v) is 13.7. The van der Waals surface area contributed by atoms with Crippen molar-refractivity contribution in [3.05, 3.63) is 60.4 Å². The highest BCUT2D eigenvalue weighted by molar-refractivity contribution is 8.76. The molecule has 2 rings (SSSR count). The largest absolute Gasteiger partial charge is 0.511 e. The molecule has 2 aromatic rings. The van der Waals surface area contributed by atoms with Gasteiger partial charge in [-0.1, -0.05) is 72.5 Å². The summed E-state index contributed by atoms with van der Waals surface area (Å²) in [6.07, 6.45) is 4.75. The van der Waals surface area contributed by atoms with Gasteiger partial charge in [0.25, 0.3) is 5.91 Å². The third-order valence-electron chi connectivity index (χ3n) is 4.95. The predicted octanol–water partition coefficient (Wildman–Crippen LogP) is 6.84. The van der Waals surface area contributed by atoms with Crippen molar-refractivity contribution in [2.24, 2.45) is 0 Å². The average Bonchev–Trinajstić information content (AvgIpc) is 2.84. The Morgan fingerprint density at radius 2 is 1.65 bits per heavy atom. The minimum atomic E-state index is -0.597. The Morgan fingerprint density at radius 3 is 2.35 bits per heavy atom. The third-order valence-corrected chi connectivity index (χ3v) is 7.43. The average molecular weight is 503 g/mol. The molecule has 0 spiro atoms. The van der Waals surface area contributed by atoms with E-state index in [0.717, 1.165) is 59.5 Å².